The van der Waals surface area contributed by atoms with Crippen molar-refractivity contribution in [3.63, 3.8) is 0 Å². The van der Waals surface area contributed by atoms with Crippen molar-refractivity contribution in [3.05, 3.63) is 52.1 Å². The number of sulfone groups is 1. The van der Waals surface area contributed by atoms with E-state index >= 15 is 0 Å². The molecule has 0 amide bonds. The molecule has 1 atom stereocenters. The van der Waals surface area contributed by atoms with Crippen LogP contribution in [-0.2, 0) is 16.3 Å². The minimum absolute atomic E-state index is 0.257. The van der Waals surface area contributed by atoms with Crippen molar-refractivity contribution >= 4 is 21.0 Å². The van der Waals surface area contributed by atoms with Crippen molar-refractivity contribution in [1.29, 1.82) is 0 Å². The lowest BCUT2D eigenvalue weighted by Gasteiger charge is -2.20. The van der Waals surface area contributed by atoms with E-state index in [-0.39, 0.29) is 5.75 Å². The predicted octanol–water partition coefficient (Wildman–Crippen LogP) is 2.96. The van der Waals surface area contributed by atoms with Gasteiger partial charge in [-0.25, -0.2) is 18.2 Å². The fourth-order valence-corrected chi connectivity index (χ4v) is 4.62. The third-order valence-corrected chi connectivity index (χ3v) is 5.82. The summed E-state index contributed by atoms with van der Waals surface area (Å²) in [6.45, 7) is 6.49. The van der Waals surface area contributed by atoms with Gasteiger partial charge in [0.2, 0.25) is 0 Å². The first-order valence-corrected chi connectivity index (χ1v) is 12.3. The molecule has 9 heteroatoms. The van der Waals surface area contributed by atoms with E-state index < -0.39 is 21.6 Å². The van der Waals surface area contributed by atoms with Crippen molar-refractivity contribution < 1.29 is 17.9 Å². The minimum atomic E-state index is -3.42. The third-order valence-electron chi connectivity index (χ3n) is 4.90. The Kier molecular flexibility index (Phi) is 6.74. The van der Waals surface area contributed by atoms with Gasteiger partial charge < -0.3 is 14.5 Å². The standard InChI is InChI=1S/C22H29N3O5S/c1-6-30-20-11-16(7-8-19(20)29-4)18(13-31(5,27)28)25-21-17(24-22(25)26)10-15(12-23-21)9-14(2)3/h7-8,10-12,14,18H,6,9,13H2,1-5H3,(H,24,26)/t18-/m1/s1. The van der Waals surface area contributed by atoms with Gasteiger partial charge in [0.15, 0.2) is 17.1 Å². The molecule has 3 aromatic rings. The van der Waals surface area contributed by atoms with Crippen molar-refractivity contribution in [2.75, 3.05) is 25.7 Å². The van der Waals surface area contributed by atoms with Crippen LogP contribution in [0.1, 0.15) is 37.9 Å². The number of ether oxygens (including phenoxy) is 2. The Balaban J connectivity index is 2.18. The Bertz CT molecular complexity index is 1230. The number of nitrogens with one attached hydrogen (secondary N) is 1. The second kappa shape index (κ2) is 9.13. The molecule has 0 aliphatic carbocycles. The van der Waals surface area contributed by atoms with E-state index in [0.29, 0.717) is 40.8 Å². The van der Waals surface area contributed by atoms with Gasteiger partial charge in [0.25, 0.3) is 0 Å². The average molecular weight is 448 g/mol. The van der Waals surface area contributed by atoms with Crippen LogP contribution in [0.25, 0.3) is 11.2 Å². The van der Waals surface area contributed by atoms with Crippen LogP contribution >= 0.6 is 0 Å². The van der Waals surface area contributed by atoms with Crippen LogP contribution in [0.2, 0.25) is 0 Å². The van der Waals surface area contributed by atoms with Crippen LogP contribution in [0.15, 0.2) is 35.3 Å². The number of aromatic amines is 1. The highest BCUT2D eigenvalue weighted by Crippen LogP contribution is 2.32. The summed E-state index contributed by atoms with van der Waals surface area (Å²) in [5, 5.41) is 0. The van der Waals surface area contributed by atoms with Crippen molar-refractivity contribution in [2.24, 2.45) is 5.92 Å². The van der Waals surface area contributed by atoms with Gasteiger partial charge in [-0.3, -0.25) is 4.57 Å². The molecule has 1 aromatic carbocycles. The molecule has 168 valence electrons. The molecular weight excluding hydrogens is 418 g/mol. The number of benzene rings is 1. The smallest absolute Gasteiger partial charge is 0.328 e. The Morgan fingerprint density at radius 2 is 1.94 bits per heavy atom. The zero-order valence-corrected chi connectivity index (χ0v) is 19.3. The highest BCUT2D eigenvalue weighted by molar-refractivity contribution is 7.90. The van der Waals surface area contributed by atoms with Gasteiger partial charge in [-0.05, 0) is 48.6 Å². The molecule has 0 fully saturated rings. The van der Waals surface area contributed by atoms with Gasteiger partial charge in [-0.15, -0.1) is 0 Å². The second-order valence-corrected chi connectivity index (χ2v) is 10.2. The molecule has 2 heterocycles. The molecule has 2 aromatic heterocycles. The van der Waals surface area contributed by atoms with Gasteiger partial charge in [-0.2, -0.15) is 0 Å². The van der Waals surface area contributed by atoms with Gasteiger partial charge >= 0.3 is 5.69 Å². The fourth-order valence-electron chi connectivity index (χ4n) is 3.70. The molecule has 8 nitrogen and oxygen atoms in total. The van der Waals surface area contributed by atoms with Crippen LogP contribution in [0.3, 0.4) is 0 Å². The Labute approximate surface area is 182 Å². The number of rotatable bonds is 9. The van der Waals surface area contributed by atoms with E-state index in [2.05, 4.69) is 23.8 Å². The summed E-state index contributed by atoms with van der Waals surface area (Å²) in [6.07, 6.45) is 3.73. The number of H-pyrrole nitrogens is 1. The van der Waals surface area contributed by atoms with Crippen LogP contribution in [0.4, 0.5) is 0 Å². The number of imidazole rings is 1. The number of hydrogen-bond donors (Lipinski definition) is 1. The van der Waals surface area contributed by atoms with E-state index in [4.69, 9.17) is 9.47 Å². The minimum Gasteiger partial charge on any atom is -0.493 e. The largest absolute Gasteiger partial charge is 0.493 e. The number of aromatic nitrogens is 3. The first-order valence-electron chi connectivity index (χ1n) is 10.2. The molecule has 3 rings (SSSR count). The second-order valence-electron chi connectivity index (χ2n) is 8.06. The summed E-state index contributed by atoms with van der Waals surface area (Å²) in [5.74, 6) is 1.21. The Morgan fingerprint density at radius 3 is 2.55 bits per heavy atom. The molecule has 0 saturated heterocycles. The van der Waals surface area contributed by atoms with Gasteiger partial charge in [0, 0.05) is 12.5 Å². The third kappa shape index (κ3) is 5.28. The first kappa shape index (κ1) is 22.9. The summed E-state index contributed by atoms with van der Waals surface area (Å²) >= 11 is 0. The van der Waals surface area contributed by atoms with Gasteiger partial charge in [0.05, 0.1) is 31.0 Å². The van der Waals surface area contributed by atoms with Crippen LogP contribution in [0, 0.1) is 5.92 Å². The molecule has 0 unspecified atom stereocenters. The molecular formula is C22H29N3O5S. The number of methoxy groups -OCH3 is 1. The summed E-state index contributed by atoms with van der Waals surface area (Å²) < 4.78 is 36.9. The summed E-state index contributed by atoms with van der Waals surface area (Å²) in [6, 6.07) is 6.30. The van der Waals surface area contributed by atoms with Crippen molar-refractivity contribution in [2.45, 2.75) is 33.2 Å². The highest BCUT2D eigenvalue weighted by atomic mass is 32.2. The SMILES string of the molecule is CCOc1cc([C@@H](CS(C)(=O)=O)n2c(=O)[nH]c3cc(CC(C)C)cnc32)ccc1OC. The average Bonchev–Trinajstić information content (AvgIpc) is 3.00. The zero-order chi connectivity index (χ0) is 22.8. The lowest BCUT2D eigenvalue weighted by molar-refractivity contribution is 0.310. The van der Waals surface area contributed by atoms with E-state index in [1.54, 1.807) is 24.4 Å². The van der Waals surface area contributed by atoms with E-state index in [9.17, 15) is 13.2 Å². The maximum atomic E-state index is 12.9. The topological polar surface area (TPSA) is 103 Å². The lowest BCUT2D eigenvalue weighted by Crippen LogP contribution is -2.28. The maximum absolute atomic E-state index is 12.9. The van der Waals surface area contributed by atoms with E-state index in [0.717, 1.165) is 18.2 Å². The van der Waals surface area contributed by atoms with Crippen LogP contribution in [0.5, 0.6) is 11.5 Å². The van der Waals surface area contributed by atoms with Crippen molar-refractivity contribution in [1.82, 2.24) is 14.5 Å². The fraction of sp³-hybridized carbons (Fsp3) is 0.455. The summed E-state index contributed by atoms with van der Waals surface area (Å²) in [7, 11) is -1.89. The number of fused-ring (bicyclic) bond motifs is 1. The molecule has 0 spiro atoms. The quantitative estimate of drug-likeness (QED) is 0.541. The molecule has 0 aliphatic heterocycles. The van der Waals surface area contributed by atoms with Crippen LogP contribution in [-0.4, -0.2) is 48.7 Å². The molecule has 1 N–H and O–H groups in total. The first-order chi connectivity index (χ1) is 14.6. The molecule has 0 saturated carbocycles. The van der Waals surface area contributed by atoms with Crippen LogP contribution < -0.4 is 15.2 Å². The number of nitrogens with zero attached hydrogens (tertiary/aromatic N) is 2. The monoisotopic (exact) mass is 447 g/mol. The molecule has 0 aliphatic rings. The van der Waals surface area contributed by atoms with E-state index in [1.807, 2.05) is 13.0 Å². The summed E-state index contributed by atoms with van der Waals surface area (Å²) in [4.78, 5) is 20.3. The number of pyridine rings is 1. The lowest BCUT2D eigenvalue weighted by atomic mass is 10.0. The van der Waals surface area contributed by atoms with Crippen molar-refractivity contribution in [3.8, 4) is 11.5 Å². The normalized spacial score (nSPS) is 13.0. The maximum Gasteiger partial charge on any atom is 0.328 e. The Hall–Kier alpha value is -2.81. The number of hydrogen-bond acceptors (Lipinski definition) is 6. The Morgan fingerprint density at radius 1 is 1.19 bits per heavy atom. The van der Waals surface area contributed by atoms with Gasteiger partial charge in [-0.1, -0.05) is 19.9 Å². The summed E-state index contributed by atoms with van der Waals surface area (Å²) in [5.41, 5.74) is 2.22. The highest BCUT2D eigenvalue weighted by Gasteiger charge is 2.25. The molecule has 0 radical (unpaired) electrons. The zero-order valence-electron chi connectivity index (χ0n) is 18.5. The van der Waals surface area contributed by atoms with E-state index in [1.165, 1.54) is 11.7 Å². The van der Waals surface area contributed by atoms with Gasteiger partial charge in [0.1, 0.15) is 9.84 Å². The molecule has 31 heavy (non-hydrogen) atoms. The molecule has 0 bridgehead atoms. The predicted molar refractivity (Wildman–Crippen MR) is 121 cm³/mol.